The van der Waals surface area contributed by atoms with Crippen molar-refractivity contribution in [2.24, 2.45) is 17.8 Å². The van der Waals surface area contributed by atoms with E-state index in [0.717, 1.165) is 62.7 Å². The lowest BCUT2D eigenvalue weighted by Gasteiger charge is -2.38. The molecule has 0 nitrogen and oxygen atoms in total. The zero-order valence-corrected chi connectivity index (χ0v) is 28.2. The van der Waals surface area contributed by atoms with Crippen LogP contribution in [0.4, 0.5) is 17.6 Å². The molecule has 0 heterocycles. The Kier molecular flexibility index (Phi) is 12.8. The van der Waals surface area contributed by atoms with Crippen molar-refractivity contribution in [3.63, 3.8) is 0 Å². The third-order valence-corrected chi connectivity index (χ3v) is 11.3. The molecule has 0 N–H and O–H groups in total. The SMILES string of the molecule is CCCCCCCC1CCC(C2CCC(c3ccc(-c4ccc(-c5ccc(CCCCC)c(F)c5F)cc4)c(F)c3F)CC2)CC1. The molecule has 250 valence electrons. The van der Waals surface area contributed by atoms with E-state index in [1.165, 1.54) is 64.2 Å². The second kappa shape index (κ2) is 17.0. The van der Waals surface area contributed by atoms with Crippen LogP contribution in [0.5, 0.6) is 0 Å². The lowest BCUT2D eigenvalue weighted by atomic mass is 9.68. The molecule has 0 saturated heterocycles. The van der Waals surface area contributed by atoms with Crippen molar-refractivity contribution in [3.8, 4) is 22.3 Å². The Morgan fingerprint density at radius 1 is 0.500 bits per heavy atom. The van der Waals surface area contributed by atoms with Crippen molar-refractivity contribution in [1.82, 2.24) is 0 Å². The minimum absolute atomic E-state index is 0.0597. The summed E-state index contributed by atoms with van der Waals surface area (Å²) < 4.78 is 60.7. The number of hydrogen-bond donors (Lipinski definition) is 0. The van der Waals surface area contributed by atoms with Gasteiger partial charge in [0.1, 0.15) is 0 Å². The summed E-state index contributed by atoms with van der Waals surface area (Å²) in [5.41, 5.74) is 2.28. The molecule has 0 amide bonds. The smallest absolute Gasteiger partial charge is 0.166 e. The molecular weight excluding hydrogens is 580 g/mol. The maximum Gasteiger partial charge on any atom is 0.166 e. The number of unbranched alkanes of at least 4 members (excludes halogenated alkanes) is 6. The van der Waals surface area contributed by atoms with Crippen LogP contribution in [-0.2, 0) is 6.42 Å². The summed E-state index contributed by atoms with van der Waals surface area (Å²) in [5, 5.41) is 0. The molecule has 0 radical (unpaired) electrons. The number of aryl methyl sites for hydroxylation is 1. The van der Waals surface area contributed by atoms with Crippen LogP contribution in [0.3, 0.4) is 0 Å². The predicted octanol–water partition coefficient (Wildman–Crippen LogP) is 13.8. The number of hydrogen-bond acceptors (Lipinski definition) is 0. The monoisotopic (exact) mass is 634 g/mol. The fourth-order valence-corrected chi connectivity index (χ4v) is 8.39. The first-order valence-corrected chi connectivity index (χ1v) is 18.5. The van der Waals surface area contributed by atoms with Gasteiger partial charge in [0, 0.05) is 11.1 Å². The first-order chi connectivity index (χ1) is 22.4. The summed E-state index contributed by atoms with van der Waals surface area (Å²) in [7, 11) is 0. The molecule has 5 rings (SSSR count). The molecule has 2 fully saturated rings. The number of halogens is 4. The van der Waals surface area contributed by atoms with Gasteiger partial charge in [-0.1, -0.05) is 127 Å². The van der Waals surface area contributed by atoms with Crippen molar-refractivity contribution >= 4 is 0 Å². The van der Waals surface area contributed by atoms with Gasteiger partial charge in [-0.15, -0.1) is 0 Å². The summed E-state index contributed by atoms with van der Waals surface area (Å²) in [5.74, 6) is -0.724. The molecule has 2 aliphatic carbocycles. The molecule has 0 aromatic heterocycles. The maximum absolute atomic E-state index is 15.5. The standard InChI is InChI=1S/C42H54F4/c1-3-5-7-8-10-11-29-13-15-30(16-14-29)31-17-19-32(20-18-31)37-27-28-38(42(46)41(37)45)34-23-21-33(22-24-34)36-26-25-35(12-9-6-4-2)39(43)40(36)44/h21-32H,3-20H2,1-2H3. The molecule has 2 saturated carbocycles. The van der Waals surface area contributed by atoms with Gasteiger partial charge in [-0.25, -0.2) is 17.6 Å². The quantitative estimate of drug-likeness (QED) is 0.122. The van der Waals surface area contributed by atoms with Crippen molar-refractivity contribution in [2.45, 2.75) is 135 Å². The normalized spacial score (nSPS) is 21.9. The third kappa shape index (κ3) is 8.45. The van der Waals surface area contributed by atoms with E-state index in [2.05, 4.69) is 13.8 Å². The Hall–Kier alpha value is -2.62. The molecule has 46 heavy (non-hydrogen) atoms. The van der Waals surface area contributed by atoms with Crippen LogP contribution in [0.2, 0.25) is 0 Å². The Morgan fingerprint density at radius 2 is 1.02 bits per heavy atom. The topological polar surface area (TPSA) is 0 Å². The Morgan fingerprint density at radius 3 is 1.63 bits per heavy atom. The van der Waals surface area contributed by atoms with Gasteiger partial charge in [0.2, 0.25) is 0 Å². The molecule has 0 bridgehead atoms. The summed E-state index contributed by atoms with van der Waals surface area (Å²) in [6, 6.07) is 13.3. The first-order valence-electron chi connectivity index (χ1n) is 18.5. The minimum Gasteiger partial charge on any atom is -0.203 e. The van der Waals surface area contributed by atoms with Crippen molar-refractivity contribution in [2.75, 3.05) is 0 Å². The highest BCUT2D eigenvalue weighted by molar-refractivity contribution is 5.71. The van der Waals surface area contributed by atoms with Gasteiger partial charge in [0.25, 0.3) is 0 Å². The average Bonchev–Trinajstić information content (AvgIpc) is 3.08. The van der Waals surface area contributed by atoms with Gasteiger partial charge >= 0.3 is 0 Å². The zero-order chi connectivity index (χ0) is 32.5. The van der Waals surface area contributed by atoms with E-state index in [9.17, 15) is 8.78 Å². The molecule has 0 spiro atoms. The highest BCUT2D eigenvalue weighted by Gasteiger charge is 2.32. The summed E-state index contributed by atoms with van der Waals surface area (Å²) in [6.45, 7) is 4.35. The lowest BCUT2D eigenvalue weighted by molar-refractivity contribution is 0.155. The zero-order valence-electron chi connectivity index (χ0n) is 28.2. The van der Waals surface area contributed by atoms with Crippen LogP contribution in [0.1, 0.15) is 140 Å². The minimum atomic E-state index is -0.862. The van der Waals surface area contributed by atoms with Crippen LogP contribution in [-0.4, -0.2) is 0 Å². The maximum atomic E-state index is 15.5. The highest BCUT2D eigenvalue weighted by Crippen LogP contribution is 2.45. The van der Waals surface area contributed by atoms with Crippen LogP contribution >= 0.6 is 0 Å². The van der Waals surface area contributed by atoms with Crippen molar-refractivity contribution in [1.29, 1.82) is 0 Å². The van der Waals surface area contributed by atoms with E-state index >= 15 is 8.78 Å². The van der Waals surface area contributed by atoms with Crippen LogP contribution < -0.4 is 0 Å². The van der Waals surface area contributed by atoms with Gasteiger partial charge in [-0.3, -0.25) is 0 Å². The fourth-order valence-electron chi connectivity index (χ4n) is 8.39. The van der Waals surface area contributed by atoms with Crippen LogP contribution in [0.15, 0.2) is 48.5 Å². The Labute approximate surface area is 275 Å². The second-order valence-corrected chi connectivity index (χ2v) is 14.4. The van der Waals surface area contributed by atoms with Gasteiger partial charge in [-0.05, 0) is 97.3 Å². The lowest BCUT2D eigenvalue weighted by Crippen LogP contribution is -2.25. The van der Waals surface area contributed by atoms with E-state index in [4.69, 9.17) is 0 Å². The summed E-state index contributed by atoms with van der Waals surface area (Å²) in [6.07, 6.45) is 21.1. The molecule has 4 heteroatoms. The Balaban J connectivity index is 1.16. The van der Waals surface area contributed by atoms with Crippen molar-refractivity contribution in [3.05, 3.63) is 82.9 Å². The fraction of sp³-hybridized carbons (Fsp3) is 0.571. The van der Waals surface area contributed by atoms with E-state index in [1.54, 1.807) is 48.5 Å². The van der Waals surface area contributed by atoms with E-state index in [1.807, 2.05) is 0 Å². The molecule has 3 aromatic carbocycles. The molecule has 3 aromatic rings. The number of rotatable bonds is 14. The molecule has 2 aliphatic rings. The van der Waals surface area contributed by atoms with Gasteiger partial charge in [-0.2, -0.15) is 0 Å². The van der Waals surface area contributed by atoms with Crippen LogP contribution in [0, 0.1) is 41.0 Å². The van der Waals surface area contributed by atoms with E-state index in [-0.39, 0.29) is 17.0 Å². The summed E-state index contributed by atoms with van der Waals surface area (Å²) >= 11 is 0. The van der Waals surface area contributed by atoms with Gasteiger partial charge < -0.3 is 0 Å². The van der Waals surface area contributed by atoms with Crippen molar-refractivity contribution < 1.29 is 17.6 Å². The predicted molar refractivity (Wildman–Crippen MR) is 184 cm³/mol. The van der Waals surface area contributed by atoms with E-state index in [0.29, 0.717) is 28.7 Å². The van der Waals surface area contributed by atoms with Gasteiger partial charge in [0.05, 0.1) is 0 Å². The van der Waals surface area contributed by atoms with Crippen LogP contribution in [0.25, 0.3) is 22.3 Å². The highest BCUT2D eigenvalue weighted by atomic mass is 19.2. The molecule has 0 unspecified atom stereocenters. The Bertz CT molecular complexity index is 1380. The molecule has 0 aliphatic heterocycles. The second-order valence-electron chi connectivity index (χ2n) is 14.4. The number of benzene rings is 3. The third-order valence-electron chi connectivity index (χ3n) is 11.3. The van der Waals surface area contributed by atoms with Gasteiger partial charge in [0.15, 0.2) is 23.3 Å². The average molecular weight is 635 g/mol. The van der Waals surface area contributed by atoms with E-state index < -0.39 is 23.3 Å². The molecule has 0 atom stereocenters. The molecular formula is C42H54F4. The summed E-state index contributed by atoms with van der Waals surface area (Å²) in [4.78, 5) is 0. The largest absolute Gasteiger partial charge is 0.203 e. The first kappa shape index (κ1) is 34.7.